The Morgan fingerprint density at radius 1 is 1.00 bits per heavy atom. The molecule has 2 N–H and O–H groups in total. The molecule has 2 aromatic rings. The molecule has 0 radical (unpaired) electrons. The maximum absolute atomic E-state index is 12.5. The van der Waals surface area contributed by atoms with Crippen molar-refractivity contribution in [1.29, 1.82) is 0 Å². The smallest absolute Gasteiger partial charge is 0.343 e. The van der Waals surface area contributed by atoms with Crippen LogP contribution in [0, 0.1) is 0 Å². The van der Waals surface area contributed by atoms with E-state index in [1.165, 1.54) is 24.3 Å². The number of aromatic hydroxyl groups is 2. The number of phenolic OH excluding ortho intramolecular Hbond substituents is 2. The third-order valence-corrected chi connectivity index (χ3v) is 3.53. The molecule has 0 aromatic heterocycles. The van der Waals surface area contributed by atoms with Crippen LogP contribution in [0.5, 0.6) is 11.5 Å². The van der Waals surface area contributed by atoms with E-state index in [0.29, 0.717) is 0 Å². The fraction of sp³-hybridized carbons (Fsp3) is 0. The monoisotopic (exact) mass is 310 g/mol. The van der Waals surface area contributed by atoms with E-state index in [4.69, 9.17) is 0 Å². The highest BCUT2D eigenvalue weighted by Crippen LogP contribution is 2.37. The first-order valence-corrected chi connectivity index (χ1v) is 6.56. The molecular formula is C17H10O6. The molecule has 0 heterocycles. The van der Waals surface area contributed by atoms with E-state index in [0.717, 1.165) is 12.3 Å². The molecule has 0 aliphatic heterocycles. The number of benzene rings is 2. The number of esters is 1. The zero-order chi connectivity index (χ0) is 16.7. The van der Waals surface area contributed by atoms with Crippen molar-refractivity contribution in [2.45, 2.75) is 0 Å². The third-order valence-electron chi connectivity index (χ3n) is 3.53. The lowest BCUT2D eigenvalue weighted by Gasteiger charge is -2.19. The maximum atomic E-state index is 12.5. The van der Waals surface area contributed by atoms with Gasteiger partial charge in [0.05, 0.1) is 23.0 Å². The van der Waals surface area contributed by atoms with Crippen molar-refractivity contribution in [3.63, 3.8) is 0 Å². The van der Waals surface area contributed by atoms with Gasteiger partial charge in [0.2, 0.25) is 5.78 Å². The molecule has 23 heavy (non-hydrogen) atoms. The van der Waals surface area contributed by atoms with Crippen LogP contribution in [-0.2, 0) is 4.74 Å². The number of phenols is 2. The van der Waals surface area contributed by atoms with Gasteiger partial charge in [-0.1, -0.05) is 18.7 Å². The Balaban J connectivity index is 2.25. The van der Waals surface area contributed by atoms with Crippen molar-refractivity contribution in [1.82, 2.24) is 0 Å². The van der Waals surface area contributed by atoms with Gasteiger partial charge in [0, 0.05) is 11.1 Å². The van der Waals surface area contributed by atoms with Crippen molar-refractivity contribution in [2.24, 2.45) is 0 Å². The molecular weight excluding hydrogens is 300 g/mol. The predicted octanol–water partition coefficient (Wildman–Crippen LogP) is 2.17. The van der Waals surface area contributed by atoms with Crippen LogP contribution < -0.4 is 0 Å². The Kier molecular flexibility index (Phi) is 3.22. The average molecular weight is 310 g/mol. The Morgan fingerprint density at radius 3 is 2.39 bits per heavy atom. The van der Waals surface area contributed by atoms with Crippen LogP contribution in [0.1, 0.15) is 42.2 Å². The summed E-state index contributed by atoms with van der Waals surface area (Å²) in [6.45, 7) is 3.25. The van der Waals surface area contributed by atoms with Gasteiger partial charge in [-0.15, -0.1) is 0 Å². The second kappa shape index (κ2) is 5.10. The Bertz CT molecular complexity index is 894. The minimum atomic E-state index is -0.819. The van der Waals surface area contributed by atoms with Crippen LogP contribution in [-0.4, -0.2) is 27.7 Å². The summed E-state index contributed by atoms with van der Waals surface area (Å²) < 4.78 is 4.60. The lowest BCUT2D eigenvalue weighted by atomic mass is 9.82. The topological polar surface area (TPSA) is 101 Å². The van der Waals surface area contributed by atoms with Gasteiger partial charge in [0.15, 0.2) is 5.78 Å². The molecule has 0 saturated heterocycles. The number of ether oxygens (including phenoxy) is 1. The molecule has 0 saturated carbocycles. The largest absolute Gasteiger partial charge is 0.507 e. The molecule has 114 valence electrons. The molecule has 1 aliphatic rings. The molecule has 0 bridgehead atoms. The summed E-state index contributed by atoms with van der Waals surface area (Å²) in [4.78, 5) is 36.8. The van der Waals surface area contributed by atoms with E-state index < -0.39 is 23.3 Å². The number of hydrogen-bond acceptors (Lipinski definition) is 6. The van der Waals surface area contributed by atoms with Crippen molar-refractivity contribution >= 4 is 17.5 Å². The van der Waals surface area contributed by atoms with Crippen LogP contribution in [0.4, 0.5) is 0 Å². The lowest BCUT2D eigenvalue weighted by Crippen LogP contribution is -2.22. The highest BCUT2D eigenvalue weighted by molar-refractivity contribution is 6.30. The second-order valence-electron chi connectivity index (χ2n) is 4.85. The number of fused-ring (bicyclic) bond motifs is 2. The predicted molar refractivity (Wildman–Crippen MR) is 78.7 cm³/mol. The zero-order valence-corrected chi connectivity index (χ0v) is 11.7. The van der Waals surface area contributed by atoms with Crippen molar-refractivity contribution in [2.75, 3.05) is 0 Å². The summed E-state index contributed by atoms with van der Waals surface area (Å²) in [5.74, 6) is -2.96. The van der Waals surface area contributed by atoms with E-state index in [9.17, 15) is 24.6 Å². The van der Waals surface area contributed by atoms with Crippen molar-refractivity contribution in [3.8, 4) is 11.5 Å². The number of rotatable bonds is 2. The third kappa shape index (κ3) is 2.08. The number of ketones is 2. The first kappa shape index (κ1) is 14.5. The van der Waals surface area contributed by atoms with Gasteiger partial charge in [-0.05, 0) is 18.2 Å². The fourth-order valence-corrected chi connectivity index (χ4v) is 2.54. The Hall–Kier alpha value is -3.41. The van der Waals surface area contributed by atoms with E-state index in [2.05, 4.69) is 11.3 Å². The summed E-state index contributed by atoms with van der Waals surface area (Å²) in [6, 6.07) is 6.31. The highest BCUT2D eigenvalue weighted by atomic mass is 16.5. The summed E-state index contributed by atoms with van der Waals surface area (Å²) in [6.07, 6.45) is 0.916. The molecule has 0 unspecified atom stereocenters. The molecule has 0 amide bonds. The Labute approximate surface area is 130 Å². The van der Waals surface area contributed by atoms with Crippen LogP contribution in [0.15, 0.2) is 43.2 Å². The number of hydrogen-bond donors (Lipinski definition) is 2. The van der Waals surface area contributed by atoms with Crippen molar-refractivity contribution < 1.29 is 29.3 Å². The SMILES string of the molecule is C=COC(=O)c1cc(O)c2c(c1)C(=O)c1cccc(O)c1C2=O. The number of carbonyl (C=O) groups is 3. The van der Waals surface area contributed by atoms with Gasteiger partial charge in [0.1, 0.15) is 11.5 Å². The molecule has 0 spiro atoms. The van der Waals surface area contributed by atoms with E-state index >= 15 is 0 Å². The van der Waals surface area contributed by atoms with Gasteiger partial charge in [-0.25, -0.2) is 4.79 Å². The highest BCUT2D eigenvalue weighted by Gasteiger charge is 2.35. The van der Waals surface area contributed by atoms with Crippen LogP contribution in [0.25, 0.3) is 0 Å². The molecule has 2 aromatic carbocycles. The summed E-state index contributed by atoms with van der Waals surface area (Å²) in [5, 5.41) is 19.9. The standard InChI is InChI=1S/C17H10O6/c1-2-23-17(22)8-6-10-14(12(19)7-8)16(21)13-9(15(10)20)4-3-5-11(13)18/h2-7,18-19H,1H2. The zero-order valence-electron chi connectivity index (χ0n) is 11.7. The molecule has 1 aliphatic carbocycles. The molecule has 6 nitrogen and oxygen atoms in total. The second-order valence-corrected chi connectivity index (χ2v) is 4.85. The first-order chi connectivity index (χ1) is 11.0. The first-order valence-electron chi connectivity index (χ1n) is 6.56. The van der Waals surface area contributed by atoms with E-state index in [-0.39, 0.29) is 33.6 Å². The minimum absolute atomic E-state index is 0.0103. The molecule has 0 atom stereocenters. The fourth-order valence-electron chi connectivity index (χ4n) is 2.54. The van der Waals surface area contributed by atoms with Gasteiger partial charge < -0.3 is 14.9 Å². The summed E-state index contributed by atoms with van der Waals surface area (Å²) in [5.41, 5.74) is -0.618. The summed E-state index contributed by atoms with van der Waals surface area (Å²) in [7, 11) is 0. The average Bonchev–Trinajstić information content (AvgIpc) is 2.52. The molecule has 0 fully saturated rings. The van der Waals surface area contributed by atoms with Gasteiger partial charge >= 0.3 is 5.97 Å². The quantitative estimate of drug-likeness (QED) is 0.556. The normalized spacial score (nSPS) is 12.3. The maximum Gasteiger partial charge on any atom is 0.343 e. The van der Waals surface area contributed by atoms with Crippen LogP contribution in [0.3, 0.4) is 0 Å². The Morgan fingerprint density at radius 2 is 1.70 bits per heavy atom. The van der Waals surface area contributed by atoms with Gasteiger partial charge in [0.25, 0.3) is 0 Å². The molecule has 6 heteroatoms. The lowest BCUT2D eigenvalue weighted by molar-refractivity contribution is 0.0663. The van der Waals surface area contributed by atoms with Gasteiger partial charge in [-0.2, -0.15) is 0 Å². The van der Waals surface area contributed by atoms with Crippen molar-refractivity contribution in [3.05, 3.63) is 71.0 Å². The molecule has 3 rings (SSSR count). The van der Waals surface area contributed by atoms with Crippen LogP contribution in [0.2, 0.25) is 0 Å². The summed E-state index contributed by atoms with van der Waals surface area (Å²) >= 11 is 0. The minimum Gasteiger partial charge on any atom is -0.507 e. The van der Waals surface area contributed by atoms with E-state index in [1.807, 2.05) is 0 Å². The number of carbonyl (C=O) groups excluding carboxylic acids is 3. The van der Waals surface area contributed by atoms with Crippen LogP contribution >= 0.6 is 0 Å². The van der Waals surface area contributed by atoms with E-state index in [1.54, 1.807) is 0 Å². The van der Waals surface area contributed by atoms with Gasteiger partial charge in [-0.3, -0.25) is 9.59 Å².